The van der Waals surface area contributed by atoms with Crippen molar-refractivity contribution in [2.24, 2.45) is 0 Å². The molecule has 0 atom stereocenters. The lowest BCUT2D eigenvalue weighted by Crippen LogP contribution is -1.96. The minimum Gasteiger partial charge on any atom is -0.489 e. The van der Waals surface area contributed by atoms with E-state index in [1.54, 1.807) is 11.8 Å². The van der Waals surface area contributed by atoms with Crippen LogP contribution in [0.2, 0.25) is 0 Å². The van der Waals surface area contributed by atoms with Gasteiger partial charge in [0.1, 0.15) is 12.4 Å². The highest BCUT2D eigenvalue weighted by Gasteiger charge is 1.97. The first-order chi connectivity index (χ1) is 9.38. The molecule has 0 aromatic heterocycles. The van der Waals surface area contributed by atoms with Crippen LogP contribution < -0.4 is 4.74 Å². The van der Waals surface area contributed by atoms with Crippen LogP contribution in [0.1, 0.15) is 11.1 Å². The van der Waals surface area contributed by atoms with Crippen molar-refractivity contribution in [1.82, 2.24) is 0 Å². The Hall–Kier alpha value is -1.45. The average Bonchev–Trinajstić information content (AvgIpc) is 2.48. The van der Waals surface area contributed by atoms with E-state index in [2.05, 4.69) is 12.1 Å². The molecule has 0 heterocycles. The fourth-order valence-corrected chi connectivity index (χ4v) is 1.92. The monoisotopic (exact) mass is 274 g/mol. The molecule has 0 N–H and O–H groups in total. The van der Waals surface area contributed by atoms with Crippen LogP contribution in [0.4, 0.5) is 0 Å². The van der Waals surface area contributed by atoms with Gasteiger partial charge in [-0.05, 0) is 29.5 Å². The van der Waals surface area contributed by atoms with Gasteiger partial charge in [0.25, 0.3) is 0 Å². The summed E-state index contributed by atoms with van der Waals surface area (Å²) in [7, 11) is 0. The van der Waals surface area contributed by atoms with Crippen molar-refractivity contribution in [3.63, 3.8) is 0 Å². The maximum atomic E-state index is 5.73. The smallest absolute Gasteiger partial charge is 0.119 e. The number of thioether (sulfide) groups is 1. The predicted octanol–water partition coefficient (Wildman–Crippen LogP) is 4.10. The normalized spacial score (nSPS) is 10.4. The largest absolute Gasteiger partial charge is 0.489 e. The Kier molecular flexibility index (Phi) is 5.79. The number of benzene rings is 2. The fraction of sp³-hybridized carbons (Fsp3) is 0.250. The summed E-state index contributed by atoms with van der Waals surface area (Å²) in [6, 6.07) is 18.2. The topological polar surface area (TPSA) is 18.5 Å². The van der Waals surface area contributed by atoms with Crippen LogP contribution in [0.25, 0.3) is 0 Å². The van der Waals surface area contributed by atoms with Gasteiger partial charge in [-0.2, -0.15) is 0 Å². The molecule has 0 fully saturated rings. The molecule has 100 valence electrons. The maximum Gasteiger partial charge on any atom is 0.119 e. The van der Waals surface area contributed by atoms with Crippen molar-refractivity contribution in [1.29, 1.82) is 0 Å². The molecule has 0 aliphatic heterocycles. The van der Waals surface area contributed by atoms with Gasteiger partial charge in [-0.15, -0.1) is 11.8 Å². The molecule has 2 nitrogen and oxygen atoms in total. The molecule has 0 bridgehead atoms. The molecule has 0 aliphatic carbocycles. The fourth-order valence-electron chi connectivity index (χ4n) is 1.67. The van der Waals surface area contributed by atoms with E-state index in [9.17, 15) is 0 Å². The van der Waals surface area contributed by atoms with Gasteiger partial charge in [0.2, 0.25) is 0 Å². The molecule has 3 heteroatoms. The van der Waals surface area contributed by atoms with Crippen LogP contribution in [-0.4, -0.2) is 12.2 Å². The maximum absolute atomic E-state index is 5.73. The van der Waals surface area contributed by atoms with E-state index in [1.165, 1.54) is 11.1 Å². The van der Waals surface area contributed by atoms with E-state index in [-0.39, 0.29) is 0 Å². The van der Waals surface area contributed by atoms with Crippen molar-refractivity contribution in [3.8, 4) is 5.75 Å². The molecule has 0 spiro atoms. The van der Waals surface area contributed by atoms with E-state index in [0.29, 0.717) is 13.2 Å². The van der Waals surface area contributed by atoms with E-state index in [4.69, 9.17) is 9.47 Å². The molecule has 2 aromatic rings. The second-order valence-corrected chi connectivity index (χ2v) is 4.99. The van der Waals surface area contributed by atoms with Crippen molar-refractivity contribution >= 4 is 11.8 Å². The SMILES string of the molecule is CSCOCc1ccc(OCc2ccccc2)cc1. The van der Waals surface area contributed by atoms with Crippen molar-refractivity contribution < 1.29 is 9.47 Å². The first kappa shape index (κ1) is 14.0. The van der Waals surface area contributed by atoms with Gasteiger partial charge in [-0.3, -0.25) is 0 Å². The van der Waals surface area contributed by atoms with Gasteiger partial charge >= 0.3 is 0 Å². The van der Waals surface area contributed by atoms with Crippen molar-refractivity contribution in [3.05, 3.63) is 65.7 Å². The Morgan fingerprint density at radius 3 is 2.21 bits per heavy atom. The molecule has 0 saturated heterocycles. The summed E-state index contributed by atoms with van der Waals surface area (Å²) in [4.78, 5) is 0. The average molecular weight is 274 g/mol. The van der Waals surface area contributed by atoms with Crippen molar-refractivity contribution in [2.45, 2.75) is 13.2 Å². The summed E-state index contributed by atoms with van der Waals surface area (Å²) < 4.78 is 11.2. The van der Waals surface area contributed by atoms with E-state index in [1.807, 2.05) is 48.7 Å². The molecule has 0 amide bonds. The molecule has 0 aliphatic rings. The van der Waals surface area contributed by atoms with E-state index >= 15 is 0 Å². The van der Waals surface area contributed by atoms with Gasteiger partial charge < -0.3 is 9.47 Å². The standard InChI is InChI=1S/C16H18O2S/c1-19-13-17-11-15-7-9-16(10-8-15)18-12-14-5-3-2-4-6-14/h2-10H,11-13H2,1H3. The lowest BCUT2D eigenvalue weighted by atomic mass is 10.2. The Morgan fingerprint density at radius 1 is 0.842 bits per heavy atom. The number of hydrogen-bond donors (Lipinski definition) is 0. The summed E-state index contributed by atoms with van der Waals surface area (Å²) in [6.07, 6.45) is 2.03. The second-order valence-electron chi connectivity index (χ2n) is 4.17. The third kappa shape index (κ3) is 4.97. The van der Waals surface area contributed by atoms with Gasteiger partial charge in [-0.25, -0.2) is 0 Å². The summed E-state index contributed by atoms with van der Waals surface area (Å²) >= 11 is 1.68. The minimum absolute atomic E-state index is 0.600. The summed E-state index contributed by atoms with van der Waals surface area (Å²) in [5.74, 6) is 1.61. The van der Waals surface area contributed by atoms with Gasteiger partial charge in [0.15, 0.2) is 0 Å². The second kappa shape index (κ2) is 7.87. The minimum atomic E-state index is 0.600. The number of ether oxygens (including phenoxy) is 2. The Morgan fingerprint density at radius 2 is 1.53 bits per heavy atom. The summed E-state index contributed by atoms with van der Waals surface area (Å²) in [5.41, 5.74) is 2.34. The highest BCUT2D eigenvalue weighted by atomic mass is 32.2. The van der Waals surface area contributed by atoms with Gasteiger partial charge in [0.05, 0.1) is 12.5 Å². The first-order valence-corrected chi connectivity index (χ1v) is 7.60. The Balaban J connectivity index is 1.81. The van der Waals surface area contributed by atoms with Gasteiger partial charge in [0, 0.05) is 0 Å². The van der Waals surface area contributed by atoms with Crippen molar-refractivity contribution in [2.75, 3.05) is 12.2 Å². The summed E-state index contributed by atoms with van der Waals surface area (Å²) in [6.45, 7) is 1.25. The highest BCUT2D eigenvalue weighted by molar-refractivity contribution is 7.98. The van der Waals surface area contributed by atoms with Crippen LogP contribution in [0.3, 0.4) is 0 Å². The van der Waals surface area contributed by atoms with Gasteiger partial charge in [-0.1, -0.05) is 42.5 Å². The Labute approximate surface area is 118 Å². The predicted molar refractivity (Wildman–Crippen MR) is 80.4 cm³/mol. The Bertz CT molecular complexity index is 468. The molecule has 0 saturated carbocycles. The highest BCUT2D eigenvalue weighted by Crippen LogP contribution is 2.15. The zero-order valence-electron chi connectivity index (χ0n) is 11.0. The van der Waals surface area contributed by atoms with E-state index in [0.717, 1.165) is 11.7 Å². The molecule has 2 aromatic carbocycles. The summed E-state index contributed by atoms with van der Waals surface area (Å²) in [5, 5.41) is 0. The lowest BCUT2D eigenvalue weighted by molar-refractivity contribution is 0.169. The zero-order valence-corrected chi connectivity index (χ0v) is 11.9. The molecule has 2 rings (SSSR count). The van der Waals surface area contributed by atoms with E-state index < -0.39 is 0 Å². The third-order valence-corrected chi connectivity index (χ3v) is 3.04. The number of hydrogen-bond acceptors (Lipinski definition) is 3. The van der Waals surface area contributed by atoms with Crippen LogP contribution in [-0.2, 0) is 18.0 Å². The third-order valence-electron chi connectivity index (χ3n) is 2.64. The molecule has 0 radical (unpaired) electrons. The van der Waals surface area contributed by atoms with Crippen LogP contribution >= 0.6 is 11.8 Å². The molecular formula is C16H18O2S. The number of rotatable bonds is 7. The van der Waals surface area contributed by atoms with Crippen LogP contribution in [0.15, 0.2) is 54.6 Å². The molecule has 0 unspecified atom stereocenters. The quantitative estimate of drug-likeness (QED) is 0.559. The van der Waals surface area contributed by atoms with Crippen LogP contribution in [0, 0.1) is 0 Å². The zero-order chi connectivity index (χ0) is 13.3. The lowest BCUT2D eigenvalue weighted by Gasteiger charge is -2.07. The first-order valence-electron chi connectivity index (χ1n) is 6.21. The van der Waals surface area contributed by atoms with Crippen LogP contribution in [0.5, 0.6) is 5.75 Å². The molecular weight excluding hydrogens is 256 g/mol. The molecule has 19 heavy (non-hydrogen) atoms.